The van der Waals surface area contributed by atoms with Crippen molar-refractivity contribution in [3.05, 3.63) is 0 Å². The number of likely N-dealkylation sites (N-methyl/N-ethyl adjacent to an activating group) is 1. The van der Waals surface area contributed by atoms with Gasteiger partial charge in [0.1, 0.15) is 6.04 Å². The van der Waals surface area contributed by atoms with Gasteiger partial charge in [-0.2, -0.15) is 0 Å². The lowest BCUT2D eigenvalue weighted by Gasteiger charge is -2.28. The van der Waals surface area contributed by atoms with Crippen LogP contribution in [0.1, 0.15) is 110 Å². The average molecular weight is 469 g/mol. The second kappa shape index (κ2) is 14.9. The number of imide groups is 1. The Morgan fingerprint density at radius 1 is 1.03 bits per heavy atom. The van der Waals surface area contributed by atoms with Crippen molar-refractivity contribution in [2.24, 2.45) is 0 Å². The lowest BCUT2D eigenvalue weighted by Crippen LogP contribution is -2.39. The molecule has 2 aliphatic rings. The van der Waals surface area contributed by atoms with Crippen molar-refractivity contribution in [2.45, 2.75) is 128 Å². The van der Waals surface area contributed by atoms with Gasteiger partial charge in [0.05, 0.1) is 5.60 Å². The van der Waals surface area contributed by atoms with Gasteiger partial charge in [-0.15, -0.1) is 0 Å². The van der Waals surface area contributed by atoms with E-state index in [-0.39, 0.29) is 24.3 Å². The van der Waals surface area contributed by atoms with Gasteiger partial charge in [-0.3, -0.25) is 9.69 Å². The quantitative estimate of drug-likeness (QED) is 0.233. The van der Waals surface area contributed by atoms with Gasteiger partial charge in [0.2, 0.25) is 0 Å². The van der Waals surface area contributed by atoms with E-state index in [0.717, 1.165) is 77.4 Å². The number of amides is 3. The van der Waals surface area contributed by atoms with Crippen LogP contribution in [-0.4, -0.2) is 71.6 Å². The predicted molar refractivity (Wildman–Crippen MR) is 130 cm³/mol. The lowest BCUT2D eigenvalue weighted by molar-refractivity contribution is -0.162. The molecule has 2 heterocycles. The third-order valence-corrected chi connectivity index (χ3v) is 7.05. The molecule has 2 fully saturated rings. The molecule has 7 nitrogen and oxygen atoms in total. The van der Waals surface area contributed by atoms with E-state index in [4.69, 9.17) is 9.47 Å². The number of urea groups is 1. The van der Waals surface area contributed by atoms with E-state index in [9.17, 15) is 14.7 Å². The summed E-state index contributed by atoms with van der Waals surface area (Å²) in [5.41, 5.74) is -0.798. The second-order valence-corrected chi connectivity index (χ2v) is 10.2. The van der Waals surface area contributed by atoms with Crippen LogP contribution < -0.4 is 0 Å². The van der Waals surface area contributed by atoms with Crippen LogP contribution in [0, 0.1) is 0 Å². The van der Waals surface area contributed by atoms with Crippen molar-refractivity contribution >= 4 is 11.9 Å². The molecule has 0 saturated carbocycles. The SMILES string of the molecule is CCCCCCC(C)(O)CCN1C(=O)N(C)C(=O)C1CCCCCCCOC1CCCCO1. The van der Waals surface area contributed by atoms with Gasteiger partial charge in [0.15, 0.2) is 6.29 Å². The molecule has 2 saturated heterocycles. The van der Waals surface area contributed by atoms with E-state index < -0.39 is 5.60 Å². The Hall–Kier alpha value is -1.18. The molecule has 0 aromatic heterocycles. The minimum absolute atomic E-state index is 0.00948. The number of hydrogen-bond donors (Lipinski definition) is 1. The first-order valence-corrected chi connectivity index (χ1v) is 13.4. The first-order chi connectivity index (χ1) is 15.9. The van der Waals surface area contributed by atoms with Crippen LogP contribution in [0.25, 0.3) is 0 Å². The first kappa shape index (κ1) is 28.1. The maximum Gasteiger partial charge on any atom is 0.327 e. The molecular formula is C26H48N2O5. The van der Waals surface area contributed by atoms with Crippen molar-refractivity contribution in [1.82, 2.24) is 9.80 Å². The highest BCUT2D eigenvalue weighted by Gasteiger charge is 2.42. The Kier molecular flexibility index (Phi) is 12.7. The number of carbonyl (C=O) groups is 2. The Bertz CT molecular complexity index is 577. The molecule has 0 aromatic rings. The van der Waals surface area contributed by atoms with Crippen molar-refractivity contribution in [3.63, 3.8) is 0 Å². The van der Waals surface area contributed by atoms with Crippen LogP contribution in [-0.2, 0) is 14.3 Å². The first-order valence-electron chi connectivity index (χ1n) is 13.4. The summed E-state index contributed by atoms with van der Waals surface area (Å²) in [4.78, 5) is 28.2. The van der Waals surface area contributed by atoms with Crippen LogP contribution in [0.4, 0.5) is 4.79 Å². The molecule has 0 aliphatic carbocycles. The predicted octanol–water partition coefficient (Wildman–Crippen LogP) is 5.24. The molecule has 2 aliphatic heterocycles. The van der Waals surface area contributed by atoms with Crippen LogP contribution in [0.5, 0.6) is 0 Å². The van der Waals surface area contributed by atoms with Crippen LogP contribution >= 0.6 is 0 Å². The molecule has 0 bridgehead atoms. The fourth-order valence-electron chi connectivity index (χ4n) is 4.75. The monoisotopic (exact) mass is 468 g/mol. The molecule has 3 amide bonds. The summed E-state index contributed by atoms with van der Waals surface area (Å²) in [6.07, 6.45) is 15.0. The molecule has 33 heavy (non-hydrogen) atoms. The standard InChI is InChI=1S/C26H48N2O5/c1-4-5-6-12-17-26(2,31)18-19-28-22(24(29)27(3)25(28)30)15-10-8-7-9-13-20-32-23-16-11-14-21-33-23/h22-23,31H,4-21H2,1-3H3. The lowest BCUT2D eigenvalue weighted by atomic mass is 9.94. The summed E-state index contributed by atoms with van der Waals surface area (Å²) in [5.74, 6) is -0.108. The number of unbranched alkanes of at least 4 members (excludes halogenated alkanes) is 7. The number of hydrogen-bond acceptors (Lipinski definition) is 5. The zero-order chi connectivity index (χ0) is 24.1. The molecule has 2 rings (SSSR count). The van der Waals surface area contributed by atoms with E-state index in [2.05, 4.69) is 6.92 Å². The number of ether oxygens (including phenoxy) is 2. The minimum atomic E-state index is -0.798. The number of nitrogens with zero attached hydrogens (tertiary/aromatic N) is 2. The van der Waals surface area contributed by atoms with Crippen molar-refractivity contribution in [3.8, 4) is 0 Å². The Labute approximate surface area is 201 Å². The fourth-order valence-corrected chi connectivity index (χ4v) is 4.75. The highest BCUT2D eigenvalue weighted by molar-refractivity contribution is 6.03. The summed E-state index contributed by atoms with van der Waals surface area (Å²) in [6.45, 7) is 6.02. The van der Waals surface area contributed by atoms with Gasteiger partial charge >= 0.3 is 6.03 Å². The van der Waals surface area contributed by atoms with Crippen molar-refractivity contribution in [1.29, 1.82) is 0 Å². The molecule has 3 unspecified atom stereocenters. The second-order valence-electron chi connectivity index (χ2n) is 10.2. The molecule has 1 N–H and O–H groups in total. The summed E-state index contributed by atoms with van der Waals surface area (Å²) >= 11 is 0. The summed E-state index contributed by atoms with van der Waals surface area (Å²) in [7, 11) is 1.57. The Balaban J connectivity index is 1.64. The smallest absolute Gasteiger partial charge is 0.327 e. The highest BCUT2D eigenvalue weighted by Crippen LogP contribution is 2.25. The van der Waals surface area contributed by atoms with Crippen LogP contribution in [0.2, 0.25) is 0 Å². The van der Waals surface area contributed by atoms with E-state index in [0.29, 0.717) is 19.4 Å². The van der Waals surface area contributed by atoms with Crippen molar-refractivity contribution in [2.75, 3.05) is 26.8 Å². The fraction of sp³-hybridized carbons (Fsp3) is 0.923. The van der Waals surface area contributed by atoms with Gasteiger partial charge in [-0.25, -0.2) is 4.79 Å². The summed E-state index contributed by atoms with van der Waals surface area (Å²) < 4.78 is 11.4. The maximum atomic E-state index is 12.6. The Morgan fingerprint density at radius 3 is 2.48 bits per heavy atom. The molecule has 0 aromatic carbocycles. The van der Waals surface area contributed by atoms with E-state index in [1.807, 2.05) is 6.92 Å². The molecule has 0 radical (unpaired) electrons. The minimum Gasteiger partial charge on any atom is -0.390 e. The normalized spacial score (nSPS) is 23.4. The highest BCUT2D eigenvalue weighted by atomic mass is 16.7. The van der Waals surface area contributed by atoms with Gasteiger partial charge in [-0.05, 0) is 51.9 Å². The zero-order valence-corrected chi connectivity index (χ0v) is 21.4. The van der Waals surface area contributed by atoms with Gasteiger partial charge in [0.25, 0.3) is 5.91 Å². The molecule has 192 valence electrons. The number of carbonyl (C=O) groups excluding carboxylic acids is 2. The summed E-state index contributed by atoms with van der Waals surface area (Å²) in [5, 5.41) is 10.7. The van der Waals surface area contributed by atoms with Crippen molar-refractivity contribution < 1.29 is 24.2 Å². The largest absolute Gasteiger partial charge is 0.390 e. The van der Waals surface area contributed by atoms with E-state index >= 15 is 0 Å². The topological polar surface area (TPSA) is 79.3 Å². The molecule has 7 heteroatoms. The van der Waals surface area contributed by atoms with Gasteiger partial charge in [0, 0.05) is 26.8 Å². The van der Waals surface area contributed by atoms with Crippen LogP contribution in [0.3, 0.4) is 0 Å². The third-order valence-electron chi connectivity index (χ3n) is 7.05. The number of aliphatic hydroxyl groups is 1. The number of rotatable bonds is 17. The van der Waals surface area contributed by atoms with E-state index in [1.165, 1.54) is 24.2 Å². The molecule has 3 atom stereocenters. The van der Waals surface area contributed by atoms with Gasteiger partial charge < -0.3 is 19.5 Å². The zero-order valence-electron chi connectivity index (χ0n) is 21.4. The average Bonchev–Trinajstić information content (AvgIpc) is 3.01. The van der Waals surface area contributed by atoms with Crippen LogP contribution in [0.15, 0.2) is 0 Å². The van der Waals surface area contributed by atoms with Gasteiger partial charge in [-0.1, -0.05) is 58.3 Å². The Morgan fingerprint density at radius 2 is 1.76 bits per heavy atom. The summed E-state index contributed by atoms with van der Waals surface area (Å²) in [6, 6.07) is -0.612. The molecular weight excluding hydrogens is 420 g/mol. The van der Waals surface area contributed by atoms with E-state index in [1.54, 1.807) is 11.9 Å². The maximum absolute atomic E-state index is 12.6. The molecule has 0 spiro atoms. The third kappa shape index (κ3) is 9.91.